The van der Waals surface area contributed by atoms with E-state index < -0.39 is 21.8 Å². The van der Waals surface area contributed by atoms with E-state index >= 15 is 0 Å². The molecule has 104 valence electrons. The van der Waals surface area contributed by atoms with Crippen molar-refractivity contribution in [2.24, 2.45) is 0 Å². The van der Waals surface area contributed by atoms with E-state index in [1.54, 1.807) is 13.8 Å². The fourth-order valence-electron chi connectivity index (χ4n) is 1.35. The number of alkyl halides is 1. The van der Waals surface area contributed by atoms with Crippen LogP contribution in [0.3, 0.4) is 0 Å². The third kappa shape index (κ3) is 6.94. The second kappa shape index (κ2) is 7.92. The second-order valence-electron chi connectivity index (χ2n) is 4.54. The molecule has 0 N–H and O–H groups in total. The third-order valence-corrected chi connectivity index (χ3v) is 5.53. The molecule has 0 spiro atoms. The summed E-state index contributed by atoms with van der Waals surface area (Å²) in [5.74, 6) is -0.175. The number of hydrogen-bond donors (Lipinski definition) is 0. The first-order valence-corrected chi connectivity index (χ1v) is 11.5. The first-order chi connectivity index (χ1) is 7.79. The molecule has 0 aliphatic carbocycles. The van der Waals surface area contributed by atoms with Gasteiger partial charge in [0, 0.05) is 5.88 Å². The summed E-state index contributed by atoms with van der Waals surface area (Å²) in [6, 6.07) is 0. The molecule has 1 atom stereocenters. The quantitative estimate of drug-likeness (QED) is 0.366. The molecule has 0 aliphatic rings. The topological polar surface area (TPSA) is 44.8 Å². The highest BCUT2D eigenvalue weighted by molar-refractivity contribution is 7.54. The predicted molar refractivity (Wildman–Crippen MR) is 74.4 cm³/mol. The monoisotopic (exact) mass is 302 g/mol. The molecule has 1 unspecified atom stereocenters. The highest BCUT2D eigenvalue weighted by atomic mass is 35.5. The van der Waals surface area contributed by atoms with Crippen molar-refractivity contribution in [2.75, 3.05) is 19.1 Å². The molecule has 0 heterocycles. The van der Waals surface area contributed by atoms with E-state index in [0.29, 0.717) is 25.5 Å². The average molecular weight is 303 g/mol. The summed E-state index contributed by atoms with van der Waals surface area (Å²) >= 11 is 5.73. The maximum absolute atomic E-state index is 12.6. The van der Waals surface area contributed by atoms with Crippen molar-refractivity contribution in [3.63, 3.8) is 0 Å². The molecule has 0 aromatic heterocycles. The Morgan fingerprint density at radius 2 is 1.65 bits per heavy atom. The van der Waals surface area contributed by atoms with Crippen LogP contribution in [0, 0.1) is 0 Å². The zero-order chi connectivity index (χ0) is 13.5. The van der Waals surface area contributed by atoms with Crippen LogP contribution in [0.1, 0.15) is 20.3 Å². The van der Waals surface area contributed by atoms with E-state index in [1.165, 1.54) is 0 Å². The van der Waals surface area contributed by atoms with Crippen molar-refractivity contribution in [2.45, 2.75) is 45.8 Å². The standard InChI is InChI=1S/C10H24ClO4PSi/c1-6-13-16(12,14-7-2)10(8-9-11)15-17(3,4)5/h10H,6-9H2,1-5H3. The lowest BCUT2D eigenvalue weighted by atomic mass is 10.5. The van der Waals surface area contributed by atoms with Crippen LogP contribution < -0.4 is 0 Å². The average Bonchev–Trinajstić information content (AvgIpc) is 2.16. The Balaban J connectivity index is 4.88. The van der Waals surface area contributed by atoms with Gasteiger partial charge in [-0.2, -0.15) is 0 Å². The SMILES string of the molecule is CCOP(=O)(OCC)C(CCCl)O[Si](C)(C)C. The molecule has 7 heteroatoms. The van der Waals surface area contributed by atoms with Crippen molar-refractivity contribution in [3.05, 3.63) is 0 Å². The third-order valence-electron chi connectivity index (χ3n) is 1.82. The summed E-state index contributed by atoms with van der Waals surface area (Å²) in [4.78, 5) is 0. The van der Waals surface area contributed by atoms with E-state index in [9.17, 15) is 4.57 Å². The van der Waals surface area contributed by atoms with Gasteiger partial charge in [-0.3, -0.25) is 4.57 Å². The van der Waals surface area contributed by atoms with Gasteiger partial charge in [0.25, 0.3) is 0 Å². The molecular formula is C10H24ClO4PSi. The first-order valence-electron chi connectivity index (χ1n) is 5.91. The van der Waals surface area contributed by atoms with Crippen LogP contribution in [0.4, 0.5) is 0 Å². The van der Waals surface area contributed by atoms with Gasteiger partial charge >= 0.3 is 7.60 Å². The van der Waals surface area contributed by atoms with Crippen LogP contribution in [0.15, 0.2) is 0 Å². The lowest BCUT2D eigenvalue weighted by Crippen LogP contribution is -2.33. The summed E-state index contributed by atoms with van der Waals surface area (Å²) < 4.78 is 29.1. The van der Waals surface area contributed by atoms with Crippen molar-refractivity contribution >= 4 is 27.5 Å². The van der Waals surface area contributed by atoms with Gasteiger partial charge in [0.05, 0.1) is 13.2 Å². The Morgan fingerprint density at radius 1 is 1.18 bits per heavy atom. The van der Waals surface area contributed by atoms with Gasteiger partial charge in [-0.15, -0.1) is 11.6 Å². The fraction of sp³-hybridized carbons (Fsp3) is 1.00. The van der Waals surface area contributed by atoms with Crippen molar-refractivity contribution in [1.82, 2.24) is 0 Å². The molecule has 0 aliphatic heterocycles. The first kappa shape index (κ1) is 17.6. The van der Waals surface area contributed by atoms with Crippen LogP contribution >= 0.6 is 19.2 Å². The second-order valence-corrected chi connectivity index (χ2v) is 11.5. The Labute approximate surface area is 111 Å². The molecule has 0 amide bonds. The molecule has 0 aromatic rings. The summed E-state index contributed by atoms with van der Waals surface area (Å²) in [6.45, 7) is 10.4. The molecule has 0 saturated carbocycles. The zero-order valence-corrected chi connectivity index (χ0v) is 14.0. The van der Waals surface area contributed by atoms with Crippen LogP contribution in [-0.2, 0) is 18.0 Å². The molecule has 0 bridgehead atoms. The largest absolute Gasteiger partial charge is 0.404 e. The van der Waals surface area contributed by atoms with Crippen LogP contribution in [0.25, 0.3) is 0 Å². The lowest BCUT2D eigenvalue weighted by molar-refractivity contribution is 0.156. The molecule has 0 fully saturated rings. The molecule has 17 heavy (non-hydrogen) atoms. The summed E-state index contributed by atoms with van der Waals surface area (Å²) in [5.41, 5.74) is 0. The number of halogens is 1. The minimum Gasteiger partial charge on any atom is -0.404 e. The molecule has 0 aromatic carbocycles. The molecule has 0 rings (SSSR count). The Morgan fingerprint density at radius 3 is 1.94 bits per heavy atom. The smallest absolute Gasteiger partial charge is 0.357 e. The summed E-state index contributed by atoms with van der Waals surface area (Å²) in [5, 5.41) is 0. The van der Waals surface area contributed by atoms with Crippen molar-refractivity contribution in [1.29, 1.82) is 0 Å². The van der Waals surface area contributed by atoms with Gasteiger partial charge in [-0.05, 0) is 39.9 Å². The number of hydrogen-bond acceptors (Lipinski definition) is 4. The van der Waals surface area contributed by atoms with Gasteiger partial charge < -0.3 is 13.5 Å². The molecule has 4 nitrogen and oxygen atoms in total. The number of rotatable bonds is 9. The maximum atomic E-state index is 12.6. The summed E-state index contributed by atoms with van der Waals surface area (Å²) in [6.07, 6.45) is 0.475. The minimum absolute atomic E-state index is 0.338. The predicted octanol–water partition coefficient (Wildman–Crippen LogP) is 4.06. The van der Waals surface area contributed by atoms with Gasteiger partial charge in [0.1, 0.15) is 5.85 Å². The van der Waals surface area contributed by atoms with E-state index in [0.717, 1.165) is 0 Å². The fourth-order valence-corrected chi connectivity index (χ4v) is 5.67. The highest BCUT2D eigenvalue weighted by Gasteiger charge is 2.38. The van der Waals surface area contributed by atoms with E-state index in [4.69, 9.17) is 25.1 Å². The van der Waals surface area contributed by atoms with Crippen molar-refractivity contribution in [3.8, 4) is 0 Å². The Bertz CT molecular complexity index is 247. The normalized spacial score (nSPS) is 14.9. The van der Waals surface area contributed by atoms with E-state index in [1.807, 2.05) is 19.6 Å². The van der Waals surface area contributed by atoms with Gasteiger partial charge in [0.2, 0.25) is 0 Å². The molecule has 0 radical (unpaired) electrons. The van der Waals surface area contributed by atoms with Crippen LogP contribution in [0.2, 0.25) is 19.6 Å². The lowest BCUT2D eigenvalue weighted by Gasteiger charge is -2.31. The maximum Gasteiger partial charge on any atom is 0.357 e. The van der Waals surface area contributed by atoms with Crippen LogP contribution in [-0.4, -0.2) is 33.3 Å². The van der Waals surface area contributed by atoms with Gasteiger partial charge in [-0.25, -0.2) is 0 Å². The van der Waals surface area contributed by atoms with Gasteiger partial charge in [0.15, 0.2) is 8.32 Å². The van der Waals surface area contributed by atoms with E-state index in [-0.39, 0.29) is 0 Å². The molecular weight excluding hydrogens is 279 g/mol. The summed E-state index contributed by atoms with van der Waals surface area (Å²) in [7, 11) is -5.03. The Kier molecular flexibility index (Phi) is 8.21. The zero-order valence-electron chi connectivity index (χ0n) is 11.4. The Hall–Kier alpha value is 0.617. The van der Waals surface area contributed by atoms with Gasteiger partial charge in [-0.1, -0.05) is 0 Å². The van der Waals surface area contributed by atoms with Crippen LogP contribution in [0.5, 0.6) is 0 Å². The highest BCUT2D eigenvalue weighted by Crippen LogP contribution is 2.55. The molecule has 0 saturated heterocycles. The van der Waals surface area contributed by atoms with E-state index in [2.05, 4.69) is 0 Å². The van der Waals surface area contributed by atoms with Crippen molar-refractivity contribution < 1.29 is 18.0 Å². The minimum atomic E-state index is -3.21.